The van der Waals surface area contributed by atoms with Gasteiger partial charge in [0.15, 0.2) is 0 Å². The molecule has 0 spiro atoms. The van der Waals surface area contributed by atoms with Crippen LogP contribution in [0.4, 0.5) is 0 Å². The Balaban J connectivity index is -0.0000000667. The smallest absolute Gasteiger partial charge is 0.0969 e. The van der Waals surface area contributed by atoms with Crippen molar-refractivity contribution < 1.29 is 19.2 Å². The lowest BCUT2D eigenvalue weighted by Gasteiger charge is -2.36. The van der Waals surface area contributed by atoms with E-state index in [-0.39, 0.29) is 0 Å². The van der Waals surface area contributed by atoms with Crippen molar-refractivity contribution >= 4 is 40.5 Å². The summed E-state index contributed by atoms with van der Waals surface area (Å²) >= 11 is 0. The molecular formula is C9H27O4PS3. The number of rotatable bonds is 0. The van der Waals surface area contributed by atoms with Gasteiger partial charge in [-0.2, -0.15) is 7.82 Å². The first kappa shape index (κ1) is 26.7. The molecule has 0 amide bonds. The molecule has 0 saturated carbocycles. The van der Waals surface area contributed by atoms with E-state index in [2.05, 4.69) is 56.3 Å². The predicted octanol–water partition coefficient (Wildman–Crippen LogP) is -1.34. The molecule has 4 nitrogen and oxygen atoms in total. The van der Waals surface area contributed by atoms with Gasteiger partial charge in [0.1, 0.15) is 0 Å². The maximum atomic E-state index is 8.55. The van der Waals surface area contributed by atoms with Crippen LogP contribution in [0.15, 0.2) is 0 Å². The zero-order valence-corrected chi connectivity index (χ0v) is 15.6. The maximum absolute atomic E-state index is 8.55. The van der Waals surface area contributed by atoms with Crippen LogP contribution in [0.2, 0.25) is 0 Å². The second-order valence-corrected chi connectivity index (χ2v) is 12.4. The first-order valence-electron chi connectivity index (χ1n) is 4.40. The number of hydrogen-bond donors (Lipinski definition) is 0. The van der Waals surface area contributed by atoms with Crippen molar-refractivity contribution in [2.45, 2.75) is 0 Å². The van der Waals surface area contributed by atoms with Gasteiger partial charge < -0.3 is 19.2 Å². The van der Waals surface area contributed by atoms with Gasteiger partial charge >= 0.3 is 0 Å². The Morgan fingerprint density at radius 2 is 0.588 bits per heavy atom. The van der Waals surface area contributed by atoms with Gasteiger partial charge in [0.05, 0.1) is 56.3 Å². The van der Waals surface area contributed by atoms with E-state index in [0.29, 0.717) is 32.7 Å². The molecule has 0 heterocycles. The van der Waals surface area contributed by atoms with Crippen LogP contribution in [-0.2, 0) is 37.2 Å². The van der Waals surface area contributed by atoms with Gasteiger partial charge in [-0.1, -0.05) is 0 Å². The fraction of sp³-hybridized carbons (Fsp3) is 1.00. The Kier molecular flexibility index (Phi) is 26.9. The molecule has 0 aromatic rings. The molecule has 0 saturated heterocycles. The first-order valence-corrected chi connectivity index (χ1v) is 13.2. The normalized spacial score (nSPS) is 9.82. The Morgan fingerprint density at radius 1 is 0.588 bits per heavy atom. The highest BCUT2D eigenvalue weighted by molar-refractivity contribution is 7.95. The molecule has 0 N–H and O–H groups in total. The molecule has 0 aliphatic rings. The van der Waals surface area contributed by atoms with Crippen molar-refractivity contribution in [3.63, 3.8) is 0 Å². The van der Waals surface area contributed by atoms with E-state index in [0.717, 1.165) is 0 Å². The van der Waals surface area contributed by atoms with E-state index in [9.17, 15) is 0 Å². The summed E-state index contributed by atoms with van der Waals surface area (Å²) in [5.74, 6) is 0. The van der Waals surface area contributed by atoms with Crippen LogP contribution in [0.25, 0.3) is 0 Å². The average molecular weight is 326 g/mol. The van der Waals surface area contributed by atoms with Gasteiger partial charge in [-0.05, 0) is 32.7 Å². The largest absolute Gasteiger partial charge is 0.822 e. The fourth-order valence-corrected chi connectivity index (χ4v) is 0. The van der Waals surface area contributed by atoms with E-state index >= 15 is 0 Å². The molecule has 0 rings (SSSR count). The molecule has 8 heteroatoms. The highest BCUT2D eigenvalue weighted by atomic mass is 32.2. The quantitative estimate of drug-likeness (QED) is 0.407. The lowest BCUT2D eigenvalue weighted by atomic mass is 11.9. The second-order valence-electron chi connectivity index (χ2n) is 4.12. The minimum Gasteiger partial charge on any atom is -0.822 e. The maximum Gasteiger partial charge on any atom is 0.0969 e. The lowest BCUT2D eigenvalue weighted by molar-refractivity contribution is -0.432. The van der Waals surface area contributed by atoms with E-state index in [1.165, 1.54) is 0 Å². The molecule has 17 heavy (non-hydrogen) atoms. The fourth-order valence-electron chi connectivity index (χ4n) is 0. The molecule has 0 aromatic carbocycles. The van der Waals surface area contributed by atoms with Crippen molar-refractivity contribution in [2.24, 2.45) is 0 Å². The van der Waals surface area contributed by atoms with Crippen LogP contribution in [0.1, 0.15) is 0 Å². The van der Waals surface area contributed by atoms with Gasteiger partial charge in [-0.15, -0.1) is 0 Å². The second kappa shape index (κ2) is 17.2. The van der Waals surface area contributed by atoms with Gasteiger partial charge in [-0.3, -0.25) is 0 Å². The molecule has 0 fully saturated rings. The van der Waals surface area contributed by atoms with Crippen LogP contribution in [0, 0.1) is 0 Å². The summed E-state index contributed by atoms with van der Waals surface area (Å²) in [6, 6.07) is 0. The number of hydrogen-bond acceptors (Lipinski definition) is 4. The van der Waals surface area contributed by atoms with Crippen LogP contribution in [-0.4, -0.2) is 56.3 Å². The van der Waals surface area contributed by atoms with E-state index in [1.54, 1.807) is 0 Å². The monoisotopic (exact) mass is 326 g/mol. The highest BCUT2D eigenvalue weighted by Gasteiger charge is 1.78. The Hall–Kier alpha value is 1.16. The topological polar surface area (TPSA) is 86.2 Å². The molecule has 0 radical (unpaired) electrons. The third-order valence-corrected chi connectivity index (χ3v) is 0. The van der Waals surface area contributed by atoms with E-state index in [1.807, 2.05) is 0 Å². The third-order valence-electron chi connectivity index (χ3n) is 0. The molecular weight excluding hydrogens is 299 g/mol. The molecule has 0 aliphatic heterocycles. The van der Waals surface area contributed by atoms with Crippen molar-refractivity contribution in [2.75, 3.05) is 56.3 Å². The lowest BCUT2D eigenvalue weighted by Crippen LogP contribution is -2.24. The van der Waals surface area contributed by atoms with E-state index < -0.39 is 7.82 Å². The van der Waals surface area contributed by atoms with Crippen LogP contribution < -0.4 is 14.7 Å². The predicted molar refractivity (Wildman–Crippen MR) is 83.0 cm³/mol. The molecule has 110 valence electrons. The third kappa shape index (κ3) is 2930. The minimum atomic E-state index is -5.39. The van der Waals surface area contributed by atoms with Gasteiger partial charge in [-0.25, -0.2) is 0 Å². The summed E-state index contributed by atoms with van der Waals surface area (Å²) in [5.41, 5.74) is 0. The van der Waals surface area contributed by atoms with Crippen LogP contribution >= 0.6 is 7.82 Å². The summed E-state index contributed by atoms with van der Waals surface area (Å²) in [6.45, 7) is 0. The molecule has 0 unspecified atom stereocenters. The van der Waals surface area contributed by atoms with Crippen molar-refractivity contribution in [3.05, 3.63) is 0 Å². The first-order chi connectivity index (χ1) is 7.20. The van der Waals surface area contributed by atoms with Gasteiger partial charge in [0, 0.05) is 0 Å². The summed E-state index contributed by atoms with van der Waals surface area (Å²) in [7, 11) is -3.47. The van der Waals surface area contributed by atoms with E-state index in [4.69, 9.17) is 19.2 Å². The Labute approximate surface area is 116 Å². The molecule has 0 aliphatic carbocycles. The molecule has 0 bridgehead atoms. The number of phosphoric acid groups is 1. The summed E-state index contributed by atoms with van der Waals surface area (Å²) in [6.07, 6.45) is 19.8. The minimum absolute atomic E-state index is 0.639. The SMILES string of the molecule is C[S+](C)C.C[S+](C)C.C[S+](C)C.O=P([O-])([O-])[O-]. The Bertz CT molecular complexity index is 141. The van der Waals surface area contributed by atoms with Crippen LogP contribution in [0.5, 0.6) is 0 Å². The Morgan fingerprint density at radius 3 is 0.588 bits per heavy atom. The highest BCUT2D eigenvalue weighted by Crippen LogP contribution is 2.03. The zero-order valence-electron chi connectivity index (χ0n) is 12.3. The van der Waals surface area contributed by atoms with Crippen LogP contribution in [0.3, 0.4) is 0 Å². The average Bonchev–Trinajstić information content (AvgIpc) is 1.73. The van der Waals surface area contributed by atoms with Crippen molar-refractivity contribution in [3.8, 4) is 0 Å². The van der Waals surface area contributed by atoms with Crippen molar-refractivity contribution in [1.29, 1.82) is 0 Å². The molecule has 0 atom stereocenters. The summed E-state index contributed by atoms with van der Waals surface area (Å²) in [4.78, 5) is 25.6. The van der Waals surface area contributed by atoms with Crippen molar-refractivity contribution in [1.82, 2.24) is 0 Å². The van der Waals surface area contributed by atoms with Gasteiger partial charge in [0.25, 0.3) is 0 Å². The summed E-state index contributed by atoms with van der Waals surface area (Å²) in [5, 5.41) is 0. The standard InChI is InChI=1S/3C3H9S.H3O4P/c3*1-4(2)3;1-5(2,3)4/h3*1-3H3;(H3,1,2,3,4)/q3*+1;/p-3. The zero-order chi connectivity index (χ0) is 15.2. The van der Waals surface area contributed by atoms with Gasteiger partial charge in [0.2, 0.25) is 0 Å². The molecule has 0 aromatic heterocycles. The summed E-state index contributed by atoms with van der Waals surface area (Å²) < 4.78 is 8.55.